The Kier molecular flexibility index (Phi) is 7.03. The van der Waals surface area contributed by atoms with Gasteiger partial charge in [-0.1, -0.05) is 23.7 Å². The zero-order chi connectivity index (χ0) is 21.9. The fraction of sp³-hybridized carbons (Fsp3) is 0.591. The molecule has 30 heavy (non-hydrogen) atoms. The number of piperidine rings is 1. The van der Waals surface area contributed by atoms with Crippen molar-refractivity contribution in [3.63, 3.8) is 0 Å². The number of ketones is 1. The lowest BCUT2D eigenvalue weighted by Gasteiger charge is -2.45. The van der Waals surface area contributed by atoms with Crippen molar-refractivity contribution in [3.8, 4) is 0 Å². The quantitative estimate of drug-likeness (QED) is 0.696. The molecule has 1 spiro atoms. The number of methoxy groups -OCH3 is 1. The second kappa shape index (κ2) is 9.35. The van der Waals surface area contributed by atoms with Gasteiger partial charge in [-0.05, 0) is 44.4 Å². The van der Waals surface area contributed by atoms with Crippen molar-refractivity contribution in [2.45, 2.75) is 32.7 Å². The van der Waals surface area contributed by atoms with E-state index in [2.05, 4.69) is 5.32 Å². The highest BCUT2D eigenvalue weighted by molar-refractivity contribution is 6.30. The van der Waals surface area contributed by atoms with E-state index >= 15 is 0 Å². The van der Waals surface area contributed by atoms with Gasteiger partial charge >= 0.3 is 6.03 Å². The average Bonchev–Trinajstić information content (AvgIpc) is 3.16. The van der Waals surface area contributed by atoms with Gasteiger partial charge in [0.05, 0.1) is 18.6 Å². The molecule has 0 aromatic heterocycles. The first-order valence-electron chi connectivity index (χ1n) is 10.4. The zero-order valence-corrected chi connectivity index (χ0v) is 18.6. The molecule has 2 aliphatic rings. The first kappa shape index (κ1) is 22.6. The Balaban J connectivity index is 1.86. The number of likely N-dealkylation sites (tertiary alicyclic amines) is 2. The summed E-state index contributed by atoms with van der Waals surface area (Å²) in [5.74, 6) is -0.430. The first-order valence-corrected chi connectivity index (χ1v) is 10.8. The average molecular weight is 436 g/mol. The van der Waals surface area contributed by atoms with Crippen molar-refractivity contribution in [2.24, 2.45) is 11.3 Å². The fourth-order valence-electron chi connectivity index (χ4n) is 4.51. The zero-order valence-electron chi connectivity index (χ0n) is 17.8. The van der Waals surface area contributed by atoms with E-state index in [1.54, 1.807) is 29.0 Å². The summed E-state index contributed by atoms with van der Waals surface area (Å²) in [5, 5.41) is 3.45. The SMILES string of the molecule is COCCNC(=O)N1CC[C@]2(C1)C(=O)N(C(C)C)CC(=O)C2Cc1ccc(Cl)cc1. The molecule has 1 aromatic rings. The van der Waals surface area contributed by atoms with Crippen LogP contribution in [0.5, 0.6) is 0 Å². The maximum Gasteiger partial charge on any atom is 0.317 e. The number of nitrogens with one attached hydrogen (secondary N) is 1. The van der Waals surface area contributed by atoms with Crippen LogP contribution in [-0.4, -0.2) is 73.5 Å². The number of halogens is 1. The molecule has 1 N–H and O–H groups in total. The third-order valence-corrected chi connectivity index (χ3v) is 6.47. The van der Waals surface area contributed by atoms with E-state index in [0.717, 1.165) is 5.56 Å². The number of ether oxygens (including phenoxy) is 1. The lowest BCUT2D eigenvalue weighted by atomic mass is 9.66. The van der Waals surface area contributed by atoms with Gasteiger partial charge in [0.1, 0.15) is 0 Å². The molecule has 8 heteroatoms. The first-order chi connectivity index (χ1) is 14.3. The summed E-state index contributed by atoms with van der Waals surface area (Å²) >= 11 is 6.00. The van der Waals surface area contributed by atoms with Crippen molar-refractivity contribution in [1.82, 2.24) is 15.1 Å². The fourth-order valence-corrected chi connectivity index (χ4v) is 4.64. The minimum Gasteiger partial charge on any atom is -0.383 e. The van der Waals surface area contributed by atoms with Crippen LogP contribution in [-0.2, 0) is 20.7 Å². The van der Waals surface area contributed by atoms with Crippen molar-refractivity contribution < 1.29 is 19.1 Å². The van der Waals surface area contributed by atoms with Crippen molar-refractivity contribution in [2.75, 3.05) is 39.9 Å². The molecule has 0 aliphatic carbocycles. The van der Waals surface area contributed by atoms with Crippen molar-refractivity contribution in [3.05, 3.63) is 34.9 Å². The molecule has 2 heterocycles. The van der Waals surface area contributed by atoms with E-state index in [1.165, 1.54) is 0 Å². The third-order valence-electron chi connectivity index (χ3n) is 6.22. The second-order valence-electron chi connectivity index (χ2n) is 8.43. The molecule has 0 saturated carbocycles. The molecule has 0 bridgehead atoms. The van der Waals surface area contributed by atoms with Crippen molar-refractivity contribution in [1.29, 1.82) is 0 Å². The number of hydrogen-bond acceptors (Lipinski definition) is 4. The van der Waals surface area contributed by atoms with Gasteiger partial charge in [-0.2, -0.15) is 0 Å². The Morgan fingerprint density at radius 3 is 2.63 bits per heavy atom. The van der Waals surface area contributed by atoms with Gasteiger partial charge in [-0.25, -0.2) is 4.79 Å². The molecule has 2 saturated heterocycles. The summed E-state index contributed by atoms with van der Waals surface area (Å²) in [6.45, 7) is 5.47. The van der Waals surface area contributed by atoms with Gasteiger partial charge in [-0.15, -0.1) is 0 Å². The highest BCUT2D eigenvalue weighted by atomic mass is 35.5. The number of carbonyl (C=O) groups excluding carboxylic acids is 3. The number of nitrogens with zero attached hydrogens (tertiary/aromatic N) is 2. The molecular weight excluding hydrogens is 406 g/mol. The lowest BCUT2D eigenvalue weighted by molar-refractivity contribution is -0.159. The number of hydrogen-bond donors (Lipinski definition) is 1. The highest BCUT2D eigenvalue weighted by Crippen LogP contribution is 2.45. The number of carbonyl (C=O) groups is 3. The summed E-state index contributed by atoms with van der Waals surface area (Å²) < 4.78 is 4.98. The van der Waals surface area contributed by atoms with E-state index in [9.17, 15) is 14.4 Å². The van der Waals surface area contributed by atoms with Gasteiger partial charge < -0.3 is 19.9 Å². The smallest absolute Gasteiger partial charge is 0.317 e. The van der Waals surface area contributed by atoms with Crippen LogP contribution < -0.4 is 5.32 Å². The van der Waals surface area contributed by atoms with Crippen LogP contribution in [0.2, 0.25) is 5.02 Å². The van der Waals surface area contributed by atoms with E-state index in [-0.39, 0.29) is 36.9 Å². The Bertz CT molecular complexity index is 798. The molecule has 3 amide bonds. The van der Waals surface area contributed by atoms with Crippen LogP contribution in [0.4, 0.5) is 4.79 Å². The van der Waals surface area contributed by atoms with E-state index in [0.29, 0.717) is 37.6 Å². The van der Waals surface area contributed by atoms with E-state index < -0.39 is 11.3 Å². The minimum absolute atomic E-state index is 0.0248. The van der Waals surface area contributed by atoms with Gasteiger partial charge in [0.2, 0.25) is 5.91 Å². The number of Topliss-reactive ketones (excluding diaryl/α,β-unsaturated/α-hetero) is 1. The Labute approximate surface area is 182 Å². The lowest BCUT2D eigenvalue weighted by Crippen LogP contribution is -2.61. The Hall–Kier alpha value is -2.12. The molecule has 3 rings (SSSR count). The number of amides is 3. The van der Waals surface area contributed by atoms with E-state index in [1.807, 2.05) is 26.0 Å². The monoisotopic (exact) mass is 435 g/mol. The molecule has 1 aromatic carbocycles. The standard InChI is InChI=1S/C22H30ClN3O4/c1-15(2)26-13-19(27)18(12-16-4-6-17(23)7-5-16)22(20(26)28)8-10-25(14-22)21(29)24-9-11-30-3/h4-7,15,18H,8-14H2,1-3H3,(H,24,29)/t18?,22-/m1/s1. The van der Waals surface area contributed by atoms with Gasteiger partial charge in [0.25, 0.3) is 0 Å². The Morgan fingerprint density at radius 2 is 2.00 bits per heavy atom. The summed E-state index contributed by atoms with van der Waals surface area (Å²) in [7, 11) is 1.57. The molecule has 2 aliphatic heterocycles. The largest absolute Gasteiger partial charge is 0.383 e. The predicted molar refractivity (Wildman–Crippen MR) is 114 cm³/mol. The van der Waals surface area contributed by atoms with Crippen LogP contribution in [0.15, 0.2) is 24.3 Å². The molecule has 164 valence electrons. The predicted octanol–water partition coefficient (Wildman–Crippen LogP) is 2.37. The molecule has 0 radical (unpaired) electrons. The van der Waals surface area contributed by atoms with E-state index in [4.69, 9.17) is 16.3 Å². The summed E-state index contributed by atoms with van der Waals surface area (Å²) in [6.07, 6.45) is 0.948. The van der Waals surface area contributed by atoms with Crippen molar-refractivity contribution >= 4 is 29.3 Å². The highest BCUT2D eigenvalue weighted by Gasteiger charge is 2.58. The van der Waals surface area contributed by atoms with Gasteiger partial charge in [0.15, 0.2) is 5.78 Å². The normalized spacial score (nSPS) is 24.2. The number of rotatable bonds is 6. The van der Waals surface area contributed by atoms with Crippen LogP contribution in [0.25, 0.3) is 0 Å². The molecule has 1 unspecified atom stereocenters. The molecule has 2 fully saturated rings. The minimum atomic E-state index is -0.891. The third kappa shape index (κ3) is 4.47. The number of urea groups is 1. The van der Waals surface area contributed by atoms with Gasteiger partial charge in [-0.3, -0.25) is 9.59 Å². The number of benzene rings is 1. The maximum atomic E-state index is 13.6. The van der Waals surface area contributed by atoms with Gasteiger partial charge in [0, 0.05) is 43.7 Å². The van der Waals surface area contributed by atoms with Crippen LogP contribution in [0, 0.1) is 11.3 Å². The summed E-state index contributed by atoms with van der Waals surface area (Å²) in [4.78, 5) is 42.7. The Morgan fingerprint density at radius 1 is 1.30 bits per heavy atom. The van der Waals surface area contributed by atoms with Crippen LogP contribution in [0.1, 0.15) is 25.8 Å². The molecule has 7 nitrogen and oxygen atoms in total. The van der Waals surface area contributed by atoms with Crippen LogP contribution in [0.3, 0.4) is 0 Å². The summed E-state index contributed by atoms with van der Waals surface area (Å²) in [6, 6.07) is 7.09. The molecular formula is C22H30ClN3O4. The van der Waals surface area contributed by atoms with Crippen LogP contribution >= 0.6 is 11.6 Å². The summed E-state index contributed by atoms with van der Waals surface area (Å²) in [5.41, 5.74) is 0.0728. The molecule has 2 atom stereocenters. The maximum absolute atomic E-state index is 13.6. The second-order valence-corrected chi connectivity index (χ2v) is 8.87. The topological polar surface area (TPSA) is 79.0 Å².